The first-order valence-corrected chi connectivity index (χ1v) is 6.42. The number of halogens is 2. The molecule has 0 saturated carbocycles. The molecule has 1 unspecified atom stereocenters. The zero-order valence-electron chi connectivity index (χ0n) is 9.09. The Labute approximate surface area is 112 Å². The molecule has 1 saturated heterocycles. The Morgan fingerprint density at radius 2 is 2.35 bits per heavy atom. The van der Waals surface area contributed by atoms with Crippen molar-refractivity contribution in [3.05, 3.63) is 21.5 Å². The molecule has 1 aromatic rings. The summed E-state index contributed by atoms with van der Waals surface area (Å²) < 4.78 is 13.8. The average Bonchev–Trinajstić information content (AvgIpc) is 2.68. The van der Waals surface area contributed by atoms with E-state index in [1.807, 2.05) is 22.6 Å². The molecule has 4 nitrogen and oxygen atoms in total. The molecule has 0 bridgehead atoms. The van der Waals surface area contributed by atoms with E-state index in [0.717, 1.165) is 6.42 Å². The minimum Gasteiger partial charge on any atom is -0.397 e. The molecule has 2 rings (SSSR count). The molecule has 1 aromatic carbocycles. The summed E-state index contributed by atoms with van der Waals surface area (Å²) in [5.41, 5.74) is 6.87. The van der Waals surface area contributed by atoms with Crippen LogP contribution in [0.4, 0.5) is 15.8 Å². The number of nitrogen functional groups attached to an aromatic ring is 1. The maximum Gasteiger partial charge on any atom is 0.220 e. The molecule has 1 heterocycles. The fourth-order valence-electron chi connectivity index (χ4n) is 1.78. The molecule has 6 heteroatoms. The summed E-state index contributed by atoms with van der Waals surface area (Å²) in [5, 5.41) is 5.89. The highest BCUT2D eigenvalue weighted by Gasteiger charge is 2.20. The van der Waals surface area contributed by atoms with E-state index in [1.54, 1.807) is 6.07 Å². The zero-order valence-corrected chi connectivity index (χ0v) is 11.3. The predicted octanol–water partition coefficient (Wildman–Crippen LogP) is 1.70. The van der Waals surface area contributed by atoms with Crippen molar-refractivity contribution in [2.24, 2.45) is 0 Å². The summed E-state index contributed by atoms with van der Waals surface area (Å²) in [4.78, 5) is 11.0. The number of nitrogens with one attached hydrogen (secondary N) is 2. The molecule has 1 aliphatic heterocycles. The Morgan fingerprint density at radius 3 is 3.00 bits per heavy atom. The number of carbonyl (C=O) groups is 1. The molecule has 1 fully saturated rings. The van der Waals surface area contributed by atoms with Crippen LogP contribution in [0.15, 0.2) is 12.1 Å². The summed E-state index contributed by atoms with van der Waals surface area (Å²) >= 11 is 1.90. The molecule has 0 aromatic heterocycles. The summed E-state index contributed by atoms with van der Waals surface area (Å²) in [6, 6.07) is 3.07. The van der Waals surface area contributed by atoms with Crippen molar-refractivity contribution in [2.75, 3.05) is 17.6 Å². The Kier molecular flexibility index (Phi) is 3.70. The number of hydrogen-bond acceptors (Lipinski definition) is 3. The molecule has 17 heavy (non-hydrogen) atoms. The second-order valence-corrected chi connectivity index (χ2v) is 5.20. The van der Waals surface area contributed by atoms with Crippen molar-refractivity contribution < 1.29 is 9.18 Å². The van der Waals surface area contributed by atoms with E-state index in [1.165, 1.54) is 6.07 Å². The third-order valence-electron chi connectivity index (χ3n) is 2.72. The van der Waals surface area contributed by atoms with Crippen molar-refractivity contribution in [1.82, 2.24) is 5.32 Å². The van der Waals surface area contributed by atoms with E-state index in [9.17, 15) is 9.18 Å². The van der Waals surface area contributed by atoms with E-state index in [0.29, 0.717) is 27.9 Å². The van der Waals surface area contributed by atoms with Crippen LogP contribution in [-0.2, 0) is 4.79 Å². The van der Waals surface area contributed by atoms with Gasteiger partial charge in [-0.25, -0.2) is 4.39 Å². The maximum absolute atomic E-state index is 13.3. The van der Waals surface area contributed by atoms with E-state index in [2.05, 4.69) is 10.6 Å². The Hall–Kier alpha value is -1.05. The first-order valence-electron chi connectivity index (χ1n) is 5.34. The van der Waals surface area contributed by atoms with E-state index in [4.69, 9.17) is 5.73 Å². The van der Waals surface area contributed by atoms with Crippen molar-refractivity contribution >= 4 is 39.9 Å². The second-order valence-electron chi connectivity index (χ2n) is 4.04. The number of hydrogen-bond donors (Lipinski definition) is 3. The van der Waals surface area contributed by atoms with Crippen molar-refractivity contribution in [3.63, 3.8) is 0 Å². The van der Waals surface area contributed by atoms with Crippen LogP contribution in [-0.4, -0.2) is 18.5 Å². The van der Waals surface area contributed by atoms with Gasteiger partial charge in [0.25, 0.3) is 0 Å². The van der Waals surface area contributed by atoms with Gasteiger partial charge >= 0.3 is 0 Å². The highest BCUT2D eigenvalue weighted by molar-refractivity contribution is 14.1. The Balaban J connectivity index is 1.99. The predicted molar refractivity (Wildman–Crippen MR) is 73.2 cm³/mol. The maximum atomic E-state index is 13.3. The summed E-state index contributed by atoms with van der Waals surface area (Å²) in [6.07, 6.45) is 1.36. The van der Waals surface area contributed by atoms with Crippen LogP contribution in [0.5, 0.6) is 0 Å². The van der Waals surface area contributed by atoms with E-state index in [-0.39, 0.29) is 17.8 Å². The third-order valence-corrected chi connectivity index (χ3v) is 3.54. The third kappa shape index (κ3) is 2.99. The van der Waals surface area contributed by atoms with Crippen LogP contribution >= 0.6 is 22.6 Å². The van der Waals surface area contributed by atoms with Crippen molar-refractivity contribution in [3.8, 4) is 0 Å². The molecular weight excluding hydrogens is 336 g/mol. The first kappa shape index (κ1) is 12.4. The smallest absolute Gasteiger partial charge is 0.220 e. The highest BCUT2D eigenvalue weighted by atomic mass is 127. The topological polar surface area (TPSA) is 67.1 Å². The van der Waals surface area contributed by atoms with Gasteiger partial charge in [-0.3, -0.25) is 4.79 Å². The molecular formula is C11H13FIN3O. The quantitative estimate of drug-likeness (QED) is 0.575. The molecule has 1 amide bonds. The first-order chi connectivity index (χ1) is 8.06. The van der Waals surface area contributed by atoms with Gasteiger partial charge in [-0.2, -0.15) is 0 Å². The van der Waals surface area contributed by atoms with Gasteiger partial charge in [-0.05, 0) is 35.1 Å². The number of amides is 1. The van der Waals surface area contributed by atoms with Gasteiger partial charge in [0.05, 0.1) is 14.9 Å². The van der Waals surface area contributed by atoms with E-state index < -0.39 is 0 Å². The summed E-state index contributed by atoms with van der Waals surface area (Å²) in [5.74, 6) is -0.226. The Morgan fingerprint density at radius 1 is 1.59 bits per heavy atom. The van der Waals surface area contributed by atoms with Crippen LogP contribution < -0.4 is 16.4 Å². The minimum atomic E-state index is -0.294. The van der Waals surface area contributed by atoms with Crippen LogP contribution in [0.25, 0.3) is 0 Å². The van der Waals surface area contributed by atoms with Gasteiger partial charge in [-0.1, -0.05) is 0 Å². The second kappa shape index (κ2) is 5.07. The molecule has 0 spiro atoms. The molecule has 0 radical (unpaired) electrons. The van der Waals surface area contributed by atoms with Gasteiger partial charge in [0.15, 0.2) is 0 Å². The summed E-state index contributed by atoms with van der Waals surface area (Å²) in [6.45, 7) is 0.565. The lowest BCUT2D eigenvalue weighted by Gasteiger charge is -2.14. The molecule has 1 atom stereocenters. The number of carbonyl (C=O) groups excluding carboxylic acids is 1. The fraction of sp³-hybridized carbons (Fsp3) is 0.364. The lowest BCUT2D eigenvalue weighted by Crippen LogP contribution is -2.31. The van der Waals surface area contributed by atoms with Gasteiger partial charge in [0.1, 0.15) is 5.82 Å². The zero-order chi connectivity index (χ0) is 12.4. The monoisotopic (exact) mass is 349 g/mol. The molecule has 92 valence electrons. The van der Waals surface area contributed by atoms with Gasteiger partial charge in [0.2, 0.25) is 5.91 Å². The van der Waals surface area contributed by atoms with Gasteiger partial charge in [-0.15, -0.1) is 0 Å². The Bertz CT molecular complexity index is 453. The average molecular weight is 349 g/mol. The van der Waals surface area contributed by atoms with Crippen LogP contribution in [0, 0.1) is 9.39 Å². The standard InChI is InChI=1S/C11H13FIN3O/c12-7-3-10(9(14)4-8(7)13)15-5-6-1-2-11(17)16-6/h3-4,6,15H,1-2,5,14H2,(H,16,17). The van der Waals surface area contributed by atoms with Crippen LogP contribution in [0.1, 0.15) is 12.8 Å². The van der Waals surface area contributed by atoms with Crippen LogP contribution in [0.3, 0.4) is 0 Å². The number of rotatable bonds is 3. The van der Waals surface area contributed by atoms with Crippen molar-refractivity contribution in [2.45, 2.75) is 18.9 Å². The molecule has 4 N–H and O–H groups in total. The lowest BCUT2D eigenvalue weighted by atomic mass is 10.2. The lowest BCUT2D eigenvalue weighted by molar-refractivity contribution is -0.119. The van der Waals surface area contributed by atoms with E-state index >= 15 is 0 Å². The number of benzene rings is 1. The van der Waals surface area contributed by atoms with Crippen LogP contribution in [0.2, 0.25) is 0 Å². The highest BCUT2D eigenvalue weighted by Crippen LogP contribution is 2.24. The largest absolute Gasteiger partial charge is 0.397 e. The number of anilines is 2. The SMILES string of the molecule is Nc1cc(I)c(F)cc1NCC1CCC(=O)N1. The normalized spacial score (nSPS) is 19.2. The van der Waals surface area contributed by atoms with Gasteiger partial charge in [0, 0.05) is 25.1 Å². The van der Waals surface area contributed by atoms with Gasteiger partial charge < -0.3 is 16.4 Å². The molecule has 0 aliphatic carbocycles. The molecule has 1 aliphatic rings. The fourth-order valence-corrected chi connectivity index (χ4v) is 2.27. The van der Waals surface area contributed by atoms with Crippen molar-refractivity contribution in [1.29, 1.82) is 0 Å². The number of nitrogens with two attached hydrogens (primary N) is 1. The minimum absolute atomic E-state index is 0.0681. The summed E-state index contributed by atoms with van der Waals surface area (Å²) in [7, 11) is 0.